The van der Waals surface area contributed by atoms with Gasteiger partial charge in [-0.2, -0.15) is 4.31 Å². The fraction of sp³-hybridized carbons (Fsp3) is 0.929. The smallest absolute Gasteiger partial charge is 0.248 e. The van der Waals surface area contributed by atoms with Crippen LogP contribution in [0.3, 0.4) is 0 Å². The van der Waals surface area contributed by atoms with Gasteiger partial charge in [-0.1, -0.05) is 0 Å². The van der Waals surface area contributed by atoms with E-state index in [9.17, 15) is 13.2 Å². The number of nitrogens with zero attached hydrogens (tertiary/aromatic N) is 2. The summed E-state index contributed by atoms with van der Waals surface area (Å²) in [4.78, 5) is 13.8. The molecule has 3 aliphatic heterocycles. The molecule has 3 heterocycles. The average molecular weight is 348 g/mol. The van der Waals surface area contributed by atoms with Crippen LogP contribution in [0.4, 0.5) is 0 Å². The first-order valence-corrected chi connectivity index (χ1v) is 10.5. The van der Waals surface area contributed by atoms with Crippen molar-refractivity contribution in [2.45, 2.75) is 37.0 Å². The highest BCUT2D eigenvalue weighted by atomic mass is 32.2. The van der Waals surface area contributed by atoms with E-state index in [1.54, 1.807) is 23.0 Å². The van der Waals surface area contributed by atoms with Crippen molar-refractivity contribution in [3.05, 3.63) is 0 Å². The van der Waals surface area contributed by atoms with E-state index in [4.69, 9.17) is 4.74 Å². The van der Waals surface area contributed by atoms with Crippen molar-refractivity contribution in [1.82, 2.24) is 9.21 Å². The molecule has 0 aromatic heterocycles. The Kier molecular flexibility index (Phi) is 4.74. The number of carbonyl (C=O) groups excluding carboxylic acids is 1. The summed E-state index contributed by atoms with van der Waals surface area (Å²) in [5.41, 5.74) is 0. The summed E-state index contributed by atoms with van der Waals surface area (Å²) in [7, 11) is -3.06. The maximum atomic E-state index is 12.0. The highest BCUT2D eigenvalue weighted by Crippen LogP contribution is 2.46. The Hall–Kier alpha value is -0.310. The number of hydrogen-bond acceptors (Lipinski definition) is 5. The van der Waals surface area contributed by atoms with Gasteiger partial charge in [-0.3, -0.25) is 4.79 Å². The van der Waals surface area contributed by atoms with E-state index in [1.807, 2.05) is 4.90 Å². The summed E-state index contributed by atoms with van der Waals surface area (Å²) < 4.78 is 31.0. The molecule has 6 nitrogen and oxygen atoms in total. The van der Waals surface area contributed by atoms with Crippen LogP contribution in [0.1, 0.15) is 26.2 Å². The molecule has 1 atom stereocenters. The van der Waals surface area contributed by atoms with Gasteiger partial charge in [0.15, 0.2) is 0 Å². The molecular weight excluding hydrogens is 324 g/mol. The van der Waals surface area contributed by atoms with Gasteiger partial charge in [0.25, 0.3) is 0 Å². The summed E-state index contributed by atoms with van der Waals surface area (Å²) in [5.74, 6) is 1.11. The van der Waals surface area contributed by atoms with Crippen molar-refractivity contribution in [2.75, 3.05) is 44.3 Å². The number of hydrogen-bond donors (Lipinski definition) is 0. The molecule has 22 heavy (non-hydrogen) atoms. The third kappa shape index (κ3) is 3.29. The number of amides is 1. The molecule has 0 N–H and O–H groups in total. The Bertz CT molecular complexity index is 525. The van der Waals surface area contributed by atoms with Crippen molar-refractivity contribution in [3.8, 4) is 0 Å². The summed E-state index contributed by atoms with van der Waals surface area (Å²) in [6.07, 6.45) is 3.11. The Morgan fingerprint density at radius 3 is 2.64 bits per heavy atom. The van der Waals surface area contributed by atoms with Gasteiger partial charge in [0.05, 0.1) is 11.9 Å². The van der Waals surface area contributed by atoms with E-state index >= 15 is 0 Å². The highest BCUT2D eigenvalue weighted by Gasteiger charge is 2.52. The Morgan fingerprint density at radius 1 is 1.32 bits per heavy atom. The second-order valence-corrected chi connectivity index (χ2v) is 10.1. The van der Waals surface area contributed by atoms with Gasteiger partial charge in [-0.05, 0) is 26.2 Å². The fourth-order valence-electron chi connectivity index (χ4n) is 3.35. The van der Waals surface area contributed by atoms with Gasteiger partial charge < -0.3 is 9.64 Å². The molecule has 126 valence electrons. The van der Waals surface area contributed by atoms with E-state index in [0.717, 1.165) is 38.1 Å². The molecule has 1 amide bonds. The van der Waals surface area contributed by atoms with Gasteiger partial charge >= 0.3 is 0 Å². The lowest BCUT2D eigenvalue weighted by Gasteiger charge is -2.46. The Balaban J connectivity index is 1.43. The topological polar surface area (TPSA) is 66.9 Å². The average Bonchev–Trinajstić information content (AvgIpc) is 3.12. The standard InChI is InChI=1S/C14H24N2O4S2/c1-2-22(18,19)16-10-14(11-16)7-12(9-21-14)20-8-13(17)15-5-3-4-6-15/h12H,2-11H2,1H3. The van der Waals surface area contributed by atoms with Crippen LogP contribution in [0, 0.1) is 0 Å². The van der Waals surface area contributed by atoms with Crippen LogP contribution in [0.25, 0.3) is 0 Å². The summed E-state index contributed by atoms with van der Waals surface area (Å²) in [6, 6.07) is 0. The molecule has 0 saturated carbocycles. The fourth-order valence-corrected chi connectivity index (χ4v) is 6.32. The molecule has 0 aliphatic carbocycles. The van der Waals surface area contributed by atoms with Crippen molar-refractivity contribution in [3.63, 3.8) is 0 Å². The van der Waals surface area contributed by atoms with Crippen LogP contribution in [-0.2, 0) is 19.6 Å². The van der Waals surface area contributed by atoms with Gasteiger partial charge in [0, 0.05) is 36.7 Å². The second kappa shape index (κ2) is 6.30. The lowest BCUT2D eigenvalue weighted by Crippen LogP contribution is -2.60. The number of ether oxygens (including phenoxy) is 1. The zero-order valence-corrected chi connectivity index (χ0v) is 14.6. The van der Waals surface area contributed by atoms with Gasteiger partial charge in [0.1, 0.15) is 6.61 Å². The minimum absolute atomic E-state index is 0.0175. The Morgan fingerprint density at radius 2 is 2.00 bits per heavy atom. The van der Waals surface area contributed by atoms with Crippen LogP contribution in [0.15, 0.2) is 0 Å². The number of sulfonamides is 1. The molecule has 8 heteroatoms. The predicted octanol–water partition coefficient (Wildman–Crippen LogP) is 0.535. The van der Waals surface area contributed by atoms with Gasteiger partial charge in [-0.25, -0.2) is 8.42 Å². The van der Waals surface area contributed by atoms with E-state index in [0.29, 0.717) is 13.1 Å². The van der Waals surface area contributed by atoms with E-state index < -0.39 is 10.0 Å². The van der Waals surface area contributed by atoms with Crippen LogP contribution in [-0.4, -0.2) is 78.7 Å². The zero-order valence-electron chi connectivity index (χ0n) is 13.0. The van der Waals surface area contributed by atoms with Crippen LogP contribution >= 0.6 is 11.8 Å². The second-order valence-electron chi connectivity index (χ2n) is 6.39. The minimum Gasteiger partial charge on any atom is -0.367 e. The van der Waals surface area contributed by atoms with Crippen molar-refractivity contribution >= 4 is 27.7 Å². The zero-order chi connectivity index (χ0) is 15.8. The first-order valence-electron chi connectivity index (χ1n) is 7.95. The lowest BCUT2D eigenvalue weighted by atomic mass is 9.95. The lowest BCUT2D eigenvalue weighted by molar-refractivity contribution is -0.136. The van der Waals surface area contributed by atoms with Crippen molar-refractivity contribution < 1.29 is 17.9 Å². The number of rotatable bonds is 5. The molecule has 3 aliphatic rings. The largest absolute Gasteiger partial charge is 0.367 e. The van der Waals surface area contributed by atoms with Crippen LogP contribution in [0.5, 0.6) is 0 Å². The molecular formula is C14H24N2O4S2. The Labute approximate surface area is 136 Å². The molecule has 3 rings (SSSR count). The summed E-state index contributed by atoms with van der Waals surface area (Å²) in [5, 5.41) is 0. The SMILES string of the molecule is CCS(=O)(=O)N1CC2(CC(OCC(=O)N3CCCC3)CS2)C1. The quantitative estimate of drug-likeness (QED) is 0.725. The molecule has 3 saturated heterocycles. The van der Waals surface area contributed by atoms with E-state index in [1.165, 1.54) is 0 Å². The maximum Gasteiger partial charge on any atom is 0.248 e. The number of thioether (sulfide) groups is 1. The minimum atomic E-state index is -3.06. The maximum absolute atomic E-state index is 12.0. The summed E-state index contributed by atoms with van der Waals surface area (Å²) >= 11 is 1.80. The van der Waals surface area contributed by atoms with Crippen LogP contribution in [0.2, 0.25) is 0 Å². The first-order chi connectivity index (χ1) is 10.4. The third-order valence-electron chi connectivity index (χ3n) is 4.76. The third-order valence-corrected chi connectivity index (χ3v) is 8.11. The molecule has 0 aromatic carbocycles. The molecule has 1 unspecified atom stereocenters. The monoisotopic (exact) mass is 348 g/mol. The van der Waals surface area contributed by atoms with Gasteiger partial charge in [0.2, 0.25) is 15.9 Å². The highest BCUT2D eigenvalue weighted by molar-refractivity contribution is 8.01. The molecule has 0 aromatic rings. The predicted molar refractivity (Wildman–Crippen MR) is 86.4 cm³/mol. The number of likely N-dealkylation sites (tertiary alicyclic amines) is 1. The molecule has 0 bridgehead atoms. The van der Waals surface area contributed by atoms with Gasteiger partial charge in [-0.15, -0.1) is 11.8 Å². The van der Waals surface area contributed by atoms with Crippen LogP contribution < -0.4 is 0 Å². The first kappa shape index (κ1) is 16.5. The number of carbonyl (C=O) groups is 1. The molecule has 3 fully saturated rings. The van der Waals surface area contributed by atoms with Crippen molar-refractivity contribution in [2.24, 2.45) is 0 Å². The normalized spacial score (nSPS) is 28.2. The molecule has 1 spiro atoms. The van der Waals surface area contributed by atoms with E-state index in [2.05, 4.69) is 0 Å². The van der Waals surface area contributed by atoms with Crippen molar-refractivity contribution in [1.29, 1.82) is 0 Å². The molecule has 0 radical (unpaired) electrons. The summed E-state index contributed by atoms with van der Waals surface area (Å²) in [6.45, 7) is 4.74. The van der Waals surface area contributed by atoms with E-state index in [-0.39, 0.29) is 29.1 Å².